The Labute approximate surface area is 172 Å². The molecule has 4 atom stereocenters. The topological polar surface area (TPSA) is 58.1 Å². The maximum atomic E-state index is 13.4. The molecule has 3 fully saturated rings. The minimum atomic E-state index is -0.208. The fourth-order valence-corrected chi connectivity index (χ4v) is 5.18. The Kier molecular flexibility index (Phi) is 6.08. The third-order valence-corrected chi connectivity index (χ3v) is 6.82. The number of morpholine rings is 1. The second kappa shape index (κ2) is 8.58. The van der Waals surface area contributed by atoms with Gasteiger partial charge in [0.15, 0.2) is 5.96 Å². The van der Waals surface area contributed by atoms with Crippen LogP contribution in [-0.4, -0.2) is 69.5 Å². The van der Waals surface area contributed by atoms with Gasteiger partial charge in [-0.25, -0.2) is 4.39 Å². The highest BCUT2D eigenvalue weighted by atomic mass is 19.1. The van der Waals surface area contributed by atoms with Crippen LogP contribution in [0, 0.1) is 17.2 Å². The first-order valence-corrected chi connectivity index (χ1v) is 10.7. The van der Waals surface area contributed by atoms with E-state index in [0.29, 0.717) is 24.6 Å². The highest BCUT2D eigenvalue weighted by Gasteiger charge is 2.59. The Morgan fingerprint density at radius 1 is 1.24 bits per heavy atom. The molecule has 3 aliphatic rings. The van der Waals surface area contributed by atoms with Gasteiger partial charge >= 0.3 is 0 Å². The van der Waals surface area contributed by atoms with Crippen LogP contribution < -0.4 is 10.6 Å². The molecule has 0 radical (unpaired) electrons. The van der Waals surface area contributed by atoms with Gasteiger partial charge in [0, 0.05) is 50.7 Å². The lowest BCUT2D eigenvalue weighted by Crippen LogP contribution is -2.68. The summed E-state index contributed by atoms with van der Waals surface area (Å²) in [6, 6.07) is 7.31. The average Bonchev–Trinajstić information content (AvgIpc) is 3.19. The number of nitrogens with zero attached hydrogens (tertiary/aromatic N) is 2. The van der Waals surface area contributed by atoms with Crippen LogP contribution >= 0.6 is 0 Å². The number of hydrogen-bond acceptors (Lipinski definition) is 4. The van der Waals surface area contributed by atoms with Crippen LogP contribution in [0.15, 0.2) is 29.3 Å². The van der Waals surface area contributed by atoms with E-state index in [0.717, 1.165) is 50.9 Å². The van der Waals surface area contributed by atoms with E-state index < -0.39 is 0 Å². The quantitative estimate of drug-likeness (QED) is 0.582. The fraction of sp³-hybridized carbons (Fsp3) is 0.682. The minimum Gasteiger partial charge on any atom is -0.379 e. The van der Waals surface area contributed by atoms with Crippen LogP contribution in [0.2, 0.25) is 0 Å². The second-order valence-corrected chi connectivity index (χ2v) is 8.86. The second-order valence-electron chi connectivity index (χ2n) is 8.86. The molecule has 29 heavy (non-hydrogen) atoms. The summed E-state index contributed by atoms with van der Waals surface area (Å²) in [6.45, 7) is 9.27. The van der Waals surface area contributed by atoms with E-state index in [1.807, 2.05) is 19.2 Å². The molecule has 0 bridgehead atoms. The lowest BCUT2D eigenvalue weighted by Gasteiger charge is -2.55. The average molecular weight is 405 g/mol. The number of rotatable bonds is 5. The lowest BCUT2D eigenvalue weighted by molar-refractivity contribution is -0.106. The third-order valence-electron chi connectivity index (χ3n) is 6.82. The van der Waals surface area contributed by atoms with E-state index in [4.69, 9.17) is 9.47 Å². The van der Waals surface area contributed by atoms with Crippen molar-refractivity contribution in [2.45, 2.75) is 38.5 Å². The summed E-state index contributed by atoms with van der Waals surface area (Å²) in [5, 5.41) is 7.16. The molecule has 6 nitrogen and oxygen atoms in total. The molecule has 7 heteroatoms. The molecule has 0 aromatic heterocycles. The number of hydrogen-bond donors (Lipinski definition) is 2. The zero-order valence-corrected chi connectivity index (χ0v) is 17.7. The van der Waals surface area contributed by atoms with Crippen molar-refractivity contribution in [2.75, 3.05) is 46.5 Å². The Morgan fingerprint density at radius 3 is 2.66 bits per heavy atom. The molecule has 2 heterocycles. The monoisotopic (exact) mass is 404 g/mol. The number of guanidine groups is 1. The standard InChI is InChI=1S/C22H33FN4O2/c1-22(2)19(17-8-11-29-20(17)22)26-21(24-3)25-14-18(27-9-12-28-13-10-27)15-4-6-16(23)7-5-15/h4-7,17-20H,8-14H2,1-3H3,(H2,24,25,26). The maximum Gasteiger partial charge on any atom is 0.191 e. The predicted molar refractivity (Wildman–Crippen MR) is 111 cm³/mol. The first-order chi connectivity index (χ1) is 14.0. The summed E-state index contributed by atoms with van der Waals surface area (Å²) in [5.41, 5.74) is 1.20. The minimum absolute atomic E-state index is 0.0966. The van der Waals surface area contributed by atoms with Gasteiger partial charge in [-0.15, -0.1) is 0 Å². The smallest absolute Gasteiger partial charge is 0.191 e. The van der Waals surface area contributed by atoms with E-state index in [1.54, 1.807) is 0 Å². The SMILES string of the molecule is CN=C(NCC(c1ccc(F)cc1)N1CCOCC1)NC1C2CCOC2C1(C)C. The van der Waals surface area contributed by atoms with E-state index in [9.17, 15) is 4.39 Å². The number of benzene rings is 1. The Hall–Kier alpha value is -1.70. The molecular weight excluding hydrogens is 371 g/mol. The molecule has 0 amide bonds. The molecular formula is C22H33FN4O2. The molecule has 4 unspecified atom stereocenters. The predicted octanol–water partition coefficient (Wildman–Crippen LogP) is 2.18. The molecule has 2 saturated heterocycles. The van der Waals surface area contributed by atoms with Crippen molar-refractivity contribution >= 4 is 5.96 Å². The zero-order valence-electron chi connectivity index (χ0n) is 17.7. The summed E-state index contributed by atoms with van der Waals surface area (Å²) in [4.78, 5) is 6.86. The highest BCUT2D eigenvalue weighted by Crippen LogP contribution is 2.52. The van der Waals surface area contributed by atoms with Gasteiger partial charge in [-0.05, 0) is 24.1 Å². The Bertz CT molecular complexity index is 718. The molecule has 1 aromatic rings. The zero-order chi connectivity index (χ0) is 20.4. The number of fused-ring (bicyclic) bond motifs is 1. The van der Waals surface area contributed by atoms with Crippen molar-refractivity contribution in [1.82, 2.24) is 15.5 Å². The molecule has 1 saturated carbocycles. The van der Waals surface area contributed by atoms with Crippen LogP contribution in [0.25, 0.3) is 0 Å². The van der Waals surface area contributed by atoms with Crippen LogP contribution in [0.1, 0.15) is 31.9 Å². The molecule has 4 rings (SSSR count). The molecule has 2 aliphatic heterocycles. The molecule has 1 aromatic carbocycles. The van der Waals surface area contributed by atoms with Gasteiger partial charge in [-0.2, -0.15) is 0 Å². The van der Waals surface area contributed by atoms with Crippen LogP contribution in [0.4, 0.5) is 4.39 Å². The van der Waals surface area contributed by atoms with E-state index in [-0.39, 0.29) is 17.3 Å². The Morgan fingerprint density at radius 2 is 1.97 bits per heavy atom. The molecule has 0 spiro atoms. The summed E-state index contributed by atoms with van der Waals surface area (Å²) in [5.74, 6) is 1.16. The van der Waals surface area contributed by atoms with Crippen LogP contribution in [-0.2, 0) is 9.47 Å². The number of halogens is 1. The van der Waals surface area contributed by atoms with Gasteiger partial charge in [0.1, 0.15) is 5.82 Å². The van der Waals surface area contributed by atoms with Crippen molar-refractivity contribution < 1.29 is 13.9 Å². The lowest BCUT2D eigenvalue weighted by atomic mass is 9.57. The van der Waals surface area contributed by atoms with Crippen LogP contribution in [0.3, 0.4) is 0 Å². The Balaban J connectivity index is 1.42. The van der Waals surface area contributed by atoms with Crippen molar-refractivity contribution in [3.05, 3.63) is 35.6 Å². The van der Waals surface area contributed by atoms with Crippen LogP contribution in [0.5, 0.6) is 0 Å². The summed E-state index contributed by atoms with van der Waals surface area (Å²) in [6.07, 6.45) is 1.45. The normalized spacial score (nSPS) is 30.3. The van der Waals surface area contributed by atoms with E-state index in [1.165, 1.54) is 12.1 Å². The molecule has 1 aliphatic carbocycles. The van der Waals surface area contributed by atoms with Crippen molar-refractivity contribution in [3.63, 3.8) is 0 Å². The van der Waals surface area contributed by atoms with Gasteiger partial charge < -0.3 is 20.1 Å². The third kappa shape index (κ3) is 4.13. The van der Waals surface area contributed by atoms with Crippen molar-refractivity contribution in [2.24, 2.45) is 16.3 Å². The highest BCUT2D eigenvalue weighted by molar-refractivity contribution is 5.80. The summed E-state index contributed by atoms with van der Waals surface area (Å²) >= 11 is 0. The van der Waals surface area contributed by atoms with Gasteiger partial charge in [-0.1, -0.05) is 26.0 Å². The van der Waals surface area contributed by atoms with Gasteiger partial charge in [0.25, 0.3) is 0 Å². The first kappa shape index (κ1) is 20.6. The molecule has 2 N–H and O–H groups in total. The maximum absolute atomic E-state index is 13.4. The first-order valence-electron chi connectivity index (χ1n) is 10.7. The summed E-state index contributed by atoms with van der Waals surface area (Å²) in [7, 11) is 1.81. The van der Waals surface area contributed by atoms with Gasteiger partial charge in [0.2, 0.25) is 0 Å². The fourth-order valence-electron chi connectivity index (χ4n) is 5.18. The van der Waals surface area contributed by atoms with E-state index in [2.05, 4.69) is 34.4 Å². The van der Waals surface area contributed by atoms with Gasteiger partial charge in [0.05, 0.1) is 25.4 Å². The van der Waals surface area contributed by atoms with Crippen molar-refractivity contribution in [3.8, 4) is 0 Å². The number of aliphatic imine (C=N–C) groups is 1. The summed E-state index contributed by atoms with van der Waals surface area (Å²) < 4.78 is 24.9. The van der Waals surface area contributed by atoms with Crippen molar-refractivity contribution in [1.29, 1.82) is 0 Å². The van der Waals surface area contributed by atoms with E-state index >= 15 is 0 Å². The number of ether oxygens (including phenoxy) is 2. The van der Waals surface area contributed by atoms with Gasteiger partial charge in [-0.3, -0.25) is 9.89 Å². The molecule has 160 valence electrons. The number of nitrogens with one attached hydrogen (secondary N) is 2. The largest absolute Gasteiger partial charge is 0.379 e.